The monoisotopic (exact) mass is 224 g/mol. The molecule has 1 aliphatic carbocycles. The van der Waals surface area contributed by atoms with Gasteiger partial charge in [0.25, 0.3) is 0 Å². The minimum atomic E-state index is 0.0604. The van der Waals surface area contributed by atoms with Gasteiger partial charge in [-0.1, -0.05) is 40.5 Å². The molecule has 0 N–H and O–H groups in total. The van der Waals surface area contributed by atoms with Crippen LogP contribution in [-0.4, -0.2) is 5.78 Å². The summed E-state index contributed by atoms with van der Waals surface area (Å²) in [6.07, 6.45) is 7.99. The van der Waals surface area contributed by atoms with Gasteiger partial charge in [-0.25, -0.2) is 0 Å². The van der Waals surface area contributed by atoms with Crippen molar-refractivity contribution < 1.29 is 4.79 Å². The second-order valence-electron chi connectivity index (χ2n) is 5.96. The van der Waals surface area contributed by atoms with Crippen LogP contribution in [0.3, 0.4) is 0 Å². The quantitative estimate of drug-likeness (QED) is 0.644. The third-order valence-electron chi connectivity index (χ3n) is 4.24. The molecule has 1 aliphatic rings. The number of ketones is 1. The van der Waals surface area contributed by atoms with Gasteiger partial charge in [0.05, 0.1) is 0 Å². The van der Waals surface area contributed by atoms with Crippen LogP contribution < -0.4 is 0 Å². The lowest BCUT2D eigenvalue weighted by Gasteiger charge is -2.32. The average molecular weight is 224 g/mol. The molecule has 1 rings (SSSR count). The SMILES string of the molecule is CCC(CC)C(=O)C1(CC(C)C)CCCC1. The first-order chi connectivity index (χ1) is 7.55. The molecule has 94 valence electrons. The highest BCUT2D eigenvalue weighted by Gasteiger charge is 2.42. The lowest BCUT2D eigenvalue weighted by molar-refractivity contribution is -0.134. The highest BCUT2D eigenvalue weighted by atomic mass is 16.1. The zero-order chi connectivity index (χ0) is 12.2. The molecule has 0 unspecified atom stereocenters. The highest BCUT2D eigenvalue weighted by Crippen LogP contribution is 2.46. The van der Waals surface area contributed by atoms with Gasteiger partial charge in [0.1, 0.15) is 5.78 Å². The van der Waals surface area contributed by atoms with Crippen molar-refractivity contribution in [3.8, 4) is 0 Å². The van der Waals surface area contributed by atoms with Crippen LogP contribution in [0.1, 0.15) is 72.6 Å². The molecule has 0 saturated heterocycles. The van der Waals surface area contributed by atoms with Crippen molar-refractivity contribution in [1.29, 1.82) is 0 Å². The Kier molecular flexibility index (Phi) is 5.01. The first-order valence-electron chi connectivity index (χ1n) is 7.10. The van der Waals surface area contributed by atoms with E-state index in [9.17, 15) is 4.79 Å². The second kappa shape index (κ2) is 5.84. The molecule has 0 aromatic carbocycles. The number of Topliss-reactive ketones (excluding diaryl/α,β-unsaturated/α-hetero) is 1. The van der Waals surface area contributed by atoms with Crippen LogP contribution in [0, 0.1) is 17.3 Å². The van der Waals surface area contributed by atoms with E-state index < -0.39 is 0 Å². The molecular weight excluding hydrogens is 196 g/mol. The fourth-order valence-corrected chi connectivity index (χ4v) is 3.48. The van der Waals surface area contributed by atoms with Gasteiger partial charge in [-0.15, -0.1) is 0 Å². The minimum Gasteiger partial charge on any atom is -0.299 e. The summed E-state index contributed by atoms with van der Waals surface area (Å²) in [5.41, 5.74) is 0.0604. The Bertz CT molecular complexity index is 220. The maximum Gasteiger partial charge on any atom is 0.142 e. The predicted molar refractivity (Wildman–Crippen MR) is 69.4 cm³/mol. The van der Waals surface area contributed by atoms with Gasteiger partial charge in [0.2, 0.25) is 0 Å². The van der Waals surface area contributed by atoms with Crippen molar-refractivity contribution in [3.05, 3.63) is 0 Å². The molecule has 1 fully saturated rings. The molecule has 0 amide bonds. The lowest BCUT2D eigenvalue weighted by Crippen LogP contribution is -2.34. The van der Waals surface area contributed by atoms with Gasteiger partial charge in [-0.3, -0.25) is 4.79 Å². The predicted octanol–water partition coefficient (Wildman–Crippen LogP) is 4.60. The van der Waals surface area contributed by atoms with Gasteiger partial charge in [0, 0.05) is 11.3 Å². The molecule has 1 nitrogen and oxygen atoms in total. The van der Waals surface area contributed by atoms with Crippen LogP contribution in [0.15, 0.2) is 0 Å². The van der Waals surface area contributed by atoms with E-state index in [0.717, 1.165) is 32.1 Å². The third-order valence-corrected chi connectivity index (χ3v) is 4.24. The smallest absolute Gasteiger partial charge is 0.142 e. The molecule has 0 spiro atoms. The van der Waals surface area contributed by atoms with Gasteiger partial charge in [-0.05, 0) is 38.0 Å². The summed E-state index contributed by atoms with van der Waals surface area (Å²) < 4.78 is 0. The third kappa shape index (κ3) is 2.87. The van der Waals surface area contributed by atoms with Gasteiger partial charge in [0.15, 0.2) is 0 Å². The van der Waals surface area contributed by atoms with Crippen LogP contribution in [0.4, 0.5) is 0 Å². The Morgan fingerprint density at radius 1 is 1.12 bits per heavy atom. The number of carbonyl (C=O) groups excluding carboxylic acids is 1. The summed E-state index contributed by atoms with van der Waals surface area (Å²) in [5.74, 6) is 1.55. The molecule has 0 aliphatic heterocycles. The topological polar surface area (TPSA) is 17.1 Å². The maximum absolute atomic E-state index is 12.7. The van der Waals surface area contributed by atoms with Crippen LogP contribution in [-0.2, 0) is 4.79 Å². The number of rotatable bonds is 6. The first kappa shape index (κ1) is 13.7. The van der Waals surface area contributed by atoms with Crippen molar-refractivity contribution in [1.82, 2.24) is 0 Å². The summed E-state index contributed by atoms with van der Waals surface area (Å²) in [6, 6.07) is 0. The Balaban J connectivity index is 2.80. The van der Waals surface area contributed by atoms with E-state index >= 15 is 0 Å². The van der Waals surface area contributed by atoms with Gasteiger partial charge >= 0.3 is 0 Å². The van der Waals surface area contributed by atoms with E-state index in [1.807, 2.05) is 0 Å². The van der Waals surface area contributed by atoms with Crippen molar-refractivity contribution in [3.63, 3.8) is 0 Å². The van der Waals surface area contributed by atoms with Crippen molar-refractivity contribution in [2.24, 2.45) is 17.3 Å². The molecular formula is C15H28O. The molecule has 0 aromatic heterocycles. The Morgan fingerprint density at radius 2 is 1.62 bits per heavy atom. The van der Waals surface area contributed by atoms with Crippen molar-refractivity contribution in [2.75, 3.05) is 0 Å². The summed E-state index contributed by atoms with van der Waals surface area (Å²) >= 11 is 0. The maximum atomic E-state index is 12.7. The summed E-state index contributed by atoms with van der Waals surface area (Å²) in [5, 5.41) is 0. The van der Waals surface area contributed by atoms with E-state index in [1.165, 1.54) is 12.8 Å². The molecule has 0 radical (unpaired) electrons. The zero-order valence-electron chi connectivity index (χ0n) is 11.5. The van der Waals surface area contributed by atoms with Crippen molar-refractivity contribution >= 4 is 5.78 Å². The largest absolute Gasteiger partial charge is 0.299 e. The molecule has 1 saturated carbocycles. The number of carbonyl (C=O) groups is 1. The fourth-order valence-electron chi connectivity index (χ4n) is 3.48. The van der Waals surface area contributed by atoms with Crippen LogP contribution >= 0.6 is 0 Å². The van der Waals surface area contributed by atoms with E-state index in [2.05, 4.69) is 27.7 Å². The Hall–Kier alpha value is -0.330. The summed E-state index contributed by atoms with van der Waals surface area (Å²) in [7, 11) is 0. The van der Waals surface area contributed by atoms with Gasteiger partial charge in [-0.2, -0.15) is 0 Å². The second-order valence-corrected chi connectivity index (χ2v) is 5.96. The normalized spacial score (nSPS) is 19.6. The van der Waals surface area contributed by atoms with E-state index in [-0.39, 0.29) is 5.41 Å². The molecule has 0 aromatic rings. The van der Waals surface area contributed by atoms with Crippen LogP contribution in [0.2, 0.25) is 0 Å². The lowest BCUT2D eigenvalue weighted by atomic mass is 9.70. The molecule has 1 heteroatoms. The standard InChI is InChI=1S/C15H28O/c1-5-13(6-2)14(16)15(11-12(3)4)9-7-8-10-15/h12-13H,5-11H2,1-4H3. The van der Waals surface area contributed by atoms with Gasteiger partial charge < -0.3 is 0 Å². The first-order valence-corrected chi connectivity index (χ1v) is 7.10. The minimum absolute atomic E-state index is 0.0604. The van der Waals surface area contributed by atoms with Crippen molar-refractivity contribution in [2.45, 2.75) is 72.6 Å². The highest BCUT2D eigenvalue weighted by molar-refractivity contribution is 5.87. The van der Waals surface area contributed by atoms with E-state index in [4.69, 9.17) is 0 Å². The molecule has 0 bridgehead atoms. The fraction of sp³-hybridized carbons (Fsp3) is 0.933. The molecule has 0 atom stereocenters. The number of hydrogen-bond acceptors (Lipinski definition) is 1. The molecule has 16 heavy (non-hydrogen) atoms. The van der Waals surface area contributed by atoms with Crippen LogP contribution in [0.5, 0.6) is 0 Å². The van der Waals surface area contributed by atoms with E-state index in [1.54, 1.807) is 0 Å². The Morgan fingerprint density at radius 3 is 2.00 bits per heavy atom. The van der Waals surface area contributed by atoms with Crippen LogP contribution in [0.25, 0.3) is 0 Å². The summed E-state index contributed by atoms with van der Waals surface area (Å²) in [6.45, 7) is 8.81. The van der Waals surface area contributed by atoms with E-state index in [0.29, 0.717) is 17.6 Å². The Labute approximate surface area is 101 Å². The zero-order valence-corrected chi connectivity index (χ0v) is 11.5. The summed E-state index contributed by atoms with van der Waals surface area (Å²) in [4.78, 5) is 12.7. The average Bonchev–Trinajstić information content (AvgIpc) is 2.68. The number of hydrogen-bond donors (Lipinski definition) is 0. The molecule has 0 heterocycles.